The van der Waals surface area contributed by atoms with E-state index in [9.17, 15) is 9.90 Å². The summed E-state index contributed by atoms with van der Waals surface area (Å²) >= 11 is 0. The highest BCUT2D eigenvalue weighted by Crippen LogP contribution is 2.36. The van der Waals surface area contributed by atoms with Gasteiger partial charge in [0.15, 0.2) is 6.10 Å². The number of benzene rings is 2. The van der Waals surface area contributed by atoms with E-state index in [1.165, 1.54) is 5.56 Å². The van der Waals surface area contributed by atoms with E-state index in [0.29, 0.717) is 23.5 Å². The van der Waals surface area contributed by atoms with Crippen molar-refractivity contribution < 1.29 is 14.6 Å². The van der Waals surface area contributed by atoms with Gasteiger partial charge in [-0.15, -0.1) is 0 Å². The lowest BCUT2D eigenvalue weighted by Crippen LogP contribution is -2.48. The van der Waals surface area contributed by atoms with Crippen molar-refractivity contribution in [2.24, 2.45) is 0 Å². The standard InChI is InChI=1S/C19H22N2O3/c1-2-13-5-3-4-6-14(13)11-18-19(23)21(9-10-22)16-8-7-15(20)12-17(16)24-18/h3-8,12,18,22H,2,9-11,20H2,1H3. The number of β-amino-alcohol motifs (C(OH)–C–C–N with tert-alkyl or cyclic N) is 1. The number of amides is 1. The summed E-state index contributed by atoms with van der Waals surface area (Å²) in [7, 11) is 0. The third-order valence-electron chi connectivity index (χ3n) is 4.31. The molecular weight excluding hydrogens is 304 g/mol. The third kappa shape index (κ3) is 3.08. The first-order valence-corrected chi connectivity index (χ1v) is 8.19. The van der Waals surface area contributed by atoms with Crippen LogP contribution in [-0.4, -0.2) is 30.3 Å². The highest BCUT2D eigenvalue weighted by atomic mass is 16.5. The van der Waals surface area contributed by atoms with Crippen molar-refractivity contribution in [1.29, 1.82) is 0 Å². The Kier molecular flexibility index (Phi) is 4.71. The van der Waals surface area contributed by atoms with Gasteiger partial charge in [0, 0.05) is 24.7 Å². The van der Waals surface area contributed by atoms with Gasteiger partial charge >= 0.3 is 0 Å². The van der Waals surface area contributed by atoms with Crippen LogP contribution in [0.25, 0.3) is 0 Å². The zero-order chi connectivity index (χ0) is 17.1. The van der Waals surface area contributed by atoms with Gasteiger partial charge in [0.1, 0.15) is 5.75 Å². The van der Waals surface area contributed by atoms with Crippen molar-refractivity contribution in [1.82, 2.24) is 0 Å². The molecule has 3 rings (SSSR count). The first-order chi connectivity index (χ1) is 11.6. The molecule has 0 aromatic heterocycles. The van der Waals surface area contributed by atoms with E-state index in [4.69, 9.17) is 10.5 Å². The summed E-state index contributed by atoms with van der Waals surface area (Å²) in [6.45, 7) is 2.23. The second kappa shape index (κ2) is 6.93. The molecule has 2 aromatic rings. The van der Waals surface area contributed by atoms with Gasteiger partial charge in [0.2, 0.25) is 0 Å². The number of nitrogens with two attached hydrogens (primary N) is 1. The minimum Gasteiger partial charge on any atom is -0.478 e. The number of aliphatic hydroxyl groups excluding tert-OH is 1. The largest absolute Gasteiger partial charge is 0.478 e. The van der Waals surface area contributed by atoms with Crippen LogP contribution < -0.4 is 15.4 Å². The molecule has 1 heterocycles. The lowest BCUT2D eigenvalue weighted by Gasteiger charge is -2.34. The number of aliphatic hydroxyl groups is 1. The molecule has 24 heavy (non-hydrogen) atoms. The molecule has 0 fully saturated rings. The number of nitrogens with zero attached hydrogens (tertiary/aromatic N) is 1. The molecule has 1 aliphatic rings. The Bertz CT molecular complexity index is 745. The molecule has 126 valence electrons. The van der Waals surface area contributed by atoms with Gasteiger partial charge in [-0.1, -0.05) is 31.2 Å². The zero-order valence-corrected chi connectivity index (χ0v) is 13.7. The Morgan fingerprint density at radius 2 is 1.96 bits per heavy atom. The van der Waals surface area contributed by atoms with E-state index in [-0.39, 0.29) is 19.1 Å². The number of anilines is 2. The van der Waals surface area contributed by atoms with Crippen molar-refractivity contribution in [3.05, 3.63) is 53.6 Å². The molecule has 0 spiro atoms. The summed E-state index contributed by atoms with van der Waals surface area (Å²) in [5.41, 5.74) is 9.40. The summed E-state index contributed by atoms with van der Waals surface area (Å²) in [6.07, 6.45) is 0.790. The number of aryl methyl sites for hydroxylation is 1. The van der Waals surface area contributed by atoms with Crippen LogP contribution in [0.1, 0.15) is 18.1 Å². The predicted octanol–water partition coefficient (Wildman–Crippen LogP) is 2.16. The maximum atomic E-state index is 12.8. The van der Waals surface area contributed by atoms with Crippen molar-refractivity contribution >= 4 is 17.3 Å². The molecule has 1 aliphatic heterocycles. The van der Waals surface area contributed by atoms with Crippen molar-refractivity contribution in [3.63, 3.8) is 0 Å². The van der Waals surface area contributed by atoms with Gasteiger partial charge < -0.3 is 20.5 Å². The average Bonchev–Trinajstić information content (AvgIpc) is 2.59. The number of fused-ring (bicyclic) bond motifs is 1. The number of nitrogen functional groups attached to an aromatic ring is 1. The van der Waals surface area contributed by atoms with Crippen molar-refractivity contribution in [2.45, 2.75) is 25.9 Å². The number of ether oxygens (including phenoxy) is 1. The second-order valence-electron chi connectivity index (χ2n) is 5.87. The van der Waals surface area contributed by atoms with Gasteiger partial charge in [-0.3, -0.25) is 4.79 Å². The van der Waals surface area contributed by atoms with Gasteiger partial charge in [0.25, 0.3) is 5.91 Å². The Balaban J connectivity index is 1.93. The Labute approximate surface area is 141 Å². The number of rotatable bonds is 5. The van der Waals surface area contributed by atoms with E-state index in [0.717, 1.165) is 12.0 Å². The summed E-state index contributed by atoms with van der Waals surface area (Å²) in [4.78, 5) is 14.4. The second-order valence-corrected chi connectivity index (χ2v) is 5.87. The van der Waals surface area contributed by atoms with Crippen LogP contribution in [0, 0.1) is 0 Å². The minimum atomic E-state index is -0.612. The van der Waals surface area contributed by atoms with Crippen LogP contribution in [0.3, 0.4) is 0 Å². The fourth-order valence-corrected chi connectivity index (χ4v) is 3.11. The Morgan fingerprint density at radius 1 is 1.21 bits per heavy atom. The van der Waals surface area contributed by atoms with Crippen LogP contribution in [0.2, 0.25) is 0 Å². The molecule has 5 heteroatoms. The first kappa shape index (κ1) is 16.3. The fraction of sp³-hybridized carbons (Fsp3) is 0.316. The van der Waals surface area contributed by atoms with Gasteiger partial charge in [0.05, 0.1) is 12.3 Å². The van der Waals surface area contributed by atoms with Crippen LogP contribution >= 0.6 is 0 Å². The topological polar surface area (TPSA) is 75.8 Å². The highest BCUT2D eigenvalue weighted by Gasteiger charge is 2.34. The molecule has 2 aromatic carbocycles. The average molecular weight is 326 g/mol. The molecule has 1 atom stereocenters. The maximum absolute atomic E-state index is 12.8. The van der Waals surface area contributed by atoms with Crippen LogP contribution in [0.5, 0.6) is 5.75 Å². The molecule has 0 bridgehead atoms. The fourth-order valence-electron chi connectivity index (χ4n) is 3.11. The monoisotopic (exact) mass is 326 g/mol. The third-order valence-corrected chi connectivity index (χ3v) is 4.31. The normalized spacial score (nSPS) is 16.7. The van der Waals surface area contributed by atoms with Gasteiger partial charge in [-0.2, -0.15) is 0 Å². The quantitative estimate of drug-likeness (QED) is 0.826. The SMILES string of the molecule is CCc1ccccc1CC1Oc2cc(N)ccc2N(CCO)C1=O. The Hall–Kier alpha value is -2.53. The summed E-state index contributed by atoms with van der Waals surface area (Å²) in [5.74, 6) is 0.453. The molecule has 3 N–H and O–H groups in total. The van der Waals surface area contributed by atoms with E-state index in [2.05, 4.69) is 13.0 Å². The smallest absolute Gasteiger partial charge is 0.268 e. The summed E-state index contributed by atoms with van der Waals surface area (Å²) < 4.78 is 5.95. The highest BCUT2D eigenvalue weighted by molar-refractivity contribution is 6.00. The van der Waals surface area contributed by atoms with Gasteiger partial charge in [-0.05, 0) is 29.7 Å². The van der Waals surface area contributed by atoms with Gasteiger partial charge in [-0.25, -0.2) is 0 Å². The molecular formula is C19H22N2O3. The number of carbonyl (C=O) groups is 1. The van der Waals surface area contributed by atoms with E-state index >= 15 is 0 Å². The van der Waals surface area contributed by atoms with E-state index in [1.54, 1.807) is 23.1 Å². The van der Waals surface area contributed by atoms with Crippen molar-refractivity contribution in [2.75, 3.05) is 23.8 Å². The van der Waals surface area contributed by atoms with E-state index in [1.807, 2.05) is 18.2 Å². The number of hydrogen-bond donors (Lipinski definition) is 2. The number of carbonyl (C=O) groups excluding carboxylic acids is 1. The first-order valence-electron chi connectivity index (χ1n) is 8.19. The molecule has 0 aliphatic carbocycles. The molecule has 0 saturated carbocycles. The summed E-state index contributed by atoms with van der Waals surface area (Å²) in [6, 6.07) is 13.3. The Morgan fingerprint density at radius 3 is 2.67 bits per heavy atom. The van der Waals surface area contributed by atoms with E-state index < -0.39 is 6.10 Å². The molecule has 0 radical (unpaired) electrons. The van der Waals surface area contributed by atoms with Crippen LogP contribution in [0.15, 0.2) is 42.5 Å². The molecule has 0 saturated heterocycles. The van der Waals surface area contributed by atoms with Crippen LogP contribution in [0.4, 0.5) is 11.4 Å². The summed E-state index contributed by atoms with van der Waals surface area (Å²) in [5, 5.41) is 9.32. The molecule has 5 nitrogen and oxygen atoms in total. The molecule has 1 amide bonds. The lowest BCUT2D eigenvalue weighted by molar-refractivity contribution is -0.126. The zero-order valence-electron chi connectivity index (χ0n) is 13.7. The number of hydrogen-bond acceptors (Lipinski definition) is 4. The van der Waals surface area contributed by atoms with Crippen molar-refractivity contribution in [3.8, 4) is 5.75 Å². The predicted molar refractivity (Wildman–Crippen MR) is 94.2 cm³/mol. The molecule has 1 unspecified atom stereocenters. The lowest BCUT2D eigenvalue weighted by atomic mass is 9.98. The minimum absolute atomic E-state index is 0.103. The van der Waals surface area contributed by atoms with Crippen LogP contribution in [-0.2, 0) is 17.6 Å². The maximum Gasteiger partial charge on any atom is 0.268 e.